The normalized spacial score (nSPS) is 12.4. The van der Waals surface area contributed by atoms with E-state index in [2.05, 4.69) is 45.9 Å². The van der Waals surface area contributed by atoms with Gasteiger partial charge in [-0.3, -0.25) is 0 Å². The summed E-state index contributed by atoms with van der Waals surface area (Å²) in [6.45, 7) is 14.5. The molecule has 1 aromatic rings. The predicted molar refractivity (Wildman–Crippen MR) is 113 cm³/mol. The molecule has 0 bridgehead atoms. The summed E-state index contributed by atoms with van der Waals surface area (Å²) in [6.07, 6.45) is 11.8. The van der Waals surface area contributed by atoms with Crippen LogP contribution in [0.2, 0.25) is 0 Å². The molecule has 0 atom stereocenters. The fourth-order valence-corrected chi connectivity index (χ4v) is 3.05. The number of rotatable bonds is 8. The highest BCUT2D eigenvalue weighted by atomic mass is 16.3. The lowest BCUT2D eigenvalue weighted by Crippen LogP contribution is -1.96. The standard InChI is InChI=1S/C24H36O2/c1-16(2)10-8-11-17(3)12-9-13-18(4)14-15-22-20(6)19(5)21(7)23(25)24(22)26/h10,12,14,25-26H,8-9,11,13,15H2,1-7H3. The Morgan fingerprint density at radius 1 is 0.692 bits per heavy atom. The van der Waals surface area contributed by atoms with Gasteiger partial charge in [-0.05, 0) is 97.3 Å². The van der Waals surface area contributed by atoms with Crippen molar-refractivity contribution in [3.05, 3.63) is 57.2 Å². The molecule has 0 aliphatic rings. The second kappa shape index (κ2) is 10.3. The van der Waals surface area contributed by atoms with Crippen molar-refractivity contribution in [1.29, 1.82) is 0 Å². The van der Waals surface area contributed by atoms with Crippen molar-refractivity contribution in [2.75, 3.05) is 0 Å². The third-order valence-corrected chi connectivity index (χ3v) is 5.22. The van der Waals surface area contributed by atoms with Crippen molar-refractivity contribution in [2.24, 2.45) is 0 Å². The summed E-state index contributed by atoms with van der Waals surface area (Å²) in [5.74, 6) is 0.0498. The Labute approximate surface area is 160 Å². The fourth-order valence-electron chi connectivity index (χ4n) is 3.05. The van der Waals surface area contributed by atoms with Crippen molar-refractivity contribution in [2.45, 2.75) is 80.6 Å². The van der Waals surface area contributed by atoms with Crippen LogP contribution in [0.3, 0.4) is 0 Å². The third-order valence-electron chi connectivity index (χ3n) is 5.22. The summed E-state index contributed by atoms with van der Waals surface area (Å²) < 4.78 is 0. The Kier molecular flexibility index (Phi) is 8.71. The lowest BCUT2D eigenvalue weighted by Gasteiger charge is -2.15. The van der Waals surface area contributed by atoms with Gasteiger partial charge >= 0.3 is 0 Å². The van der Waals surface area contributed by atoms with E-state index in [1.54, 1.807) is 0 Å². The molecule has 2 nitrogen and oxygen atoms in total. The first-order valence-electron chi connectivity index (χ1n) is 9.60. The first-order chi connectivity index (χ1) is 12.1. The molecule has 1 aromatic carbocycles. The lowest BCUT2D eigenvalue weighted by molar-refractivity contribution is 0.396. The molecule has 0 unspecified atom stereocenters. The van der Waals surface area contributed by atoms with E-state index in [9.17, 15) is 10.2 Å². The average Bonchev–Trinajstić information content (AvgIpc) is 2.58. The number of allylic oxidation sites excluding steroid dienone is 6. The first-order valence-corrected chi connectivity index (χ1v) is 9.60. The highest BCUT2D eigenvalue weighted by Gasteiger charge is 2.15. The number of hydrogen-bond donors (Lipinski definition) is 2. The minimum Gasteiger partial charge on any atom is -0.504 e. The van der Waals surface area contributed by atoms with Gasteiger partial charge in [0.05, 0.1) is 0 Å². The summed E-state index contributed by atoms with van der Waals surface area (Å²) in [4.78, 5) is 0. The van der Waals surface area contributed by atoms with Crippen LogP contribution in [0.25, 0.3) is 0 Å². The molecule has 144 valence electrons. The summed E-state index contributed by atoms with van der Waals surface area (Å²) in [7, 11) is 0. The number of hydrogen-bond acceptors (Lipinski definition) is 2. The molecule has 0 fully saturated rings. The van der Waals surface area contributed by atoms with E-state index in [4.69, 9.17) is 0 Å². The topological polar surface area (TPSA) is 40.5 Å². The van der Waals surface area contributed by atoms with Crippen LogP contribution in [0.4, 0.5) is 0 Å². The molecule has 2 heteroatoms. The van der Waals surface area contributed by atoms with Crippen LogP contribution in [-0.2, 0) is 6.42 Å². The number of aromatic hydroxyl groups is 2. The van der Waals surface area contributed by atoms with Gasteiger partial charge in [0.2, 0.25) is 0 Å². The van der Waals surface area contributed by atoms with Gasteiger partial charge < -0.3 is 10.2 Å². The summed E-state index contributed by atoms with van der Waals surface area (Å²) in [6, 6.07) is 0. The van der Waals surface area contributed by atoms with Gasteiger partial charge in [0.25, 0.3) is 0 Å². The molecule has 0 amide bonds. The summed E-state index contributed by atoms with van der Waals surface area (Å²) in [5, 5.41) is 20.4. The monoisotopic (exact) mass is 356 g/mol. The van der Waals surface area contributed by atoms with Crippen LogP contribution >= 0.6 is 0 Å². The molecule has 0 radical (unpaired) electrons. The molecule has 2 N–H and O–H groups in total. The SMILES string of the molecule is CC(C)=CCCC(C)=CCCC(C)=CCc1c(C)c(C)c(C)c(O)c1O. The minimum absolute atomic E-state index is 0.0177. The number of benzene rings is 1. The molecule has 0 aliphatic carbocycles. The first kappa shape index (κ1) is 22.1. The van der Waals surface area contributed by atoms with Gasteiger partial charge in [-0.15, -0.1) is 0 Å². The smallest absolute Gasteiger partial charge is 0.161 e. The molecule has 0 saturated carbocycles. The summed E-state index contributed by atoms with van der Waals surface area (Å²) in [5.41, 5.74) is 7.86. The predicted octanol–water partition coefficient (Wildman–Crippen LogP) is 6.98. The fraction of sp³-hybridized carbons (Fsp3) is 0.500. The molecule has 0 aliphatic heterocycles. The highest BCUT2D eigenvalue weighted by molar-refractivity contribution is 5.57. The number of phenolic OH excluding ortho intramolecular Hbond substituents is 2. The maximum Gasteiger partial charge on any atom is 0.161 e. The minimum atomic E-state index is 0.0177. The van der Waals surface area contributed by atoms with Gasteiger partial charge in [0.15, 0.2) is 11.5 Å². The Bertz CT molecular complexity index is 685. The average molecular weight is 357 g/mol. The Morgan fingerprint density at radius 2 is 1.23 bits per heavy atom. The Balaban J connectivity index is 2.66. The van der Waals surface area contributed by atoms with Crippen molar-refractivity contribution in [3.8, 4) is 11.5 Å². The van der Waals surface area contributed by atoms with Gasteiger partial charge in [-0.2, -0.15) is 0 Å². The third kappa shape index (κ3) is 6.40. The van der Waals surface area contributed by atoms with Crippen LogP contribution < -0.4 is 0 Å². The summed E-state index contributed by atoms with van der Waals surface area (Å²) >= 11 is 0. The van der Waals surface area contributed by atoms with Crippen molar-refractivity contribution >= 4 is 0 Å². The van der Waals surface area contributed by atoms with E-state index in [-0.39, 0.29) is 11.5 Å². The van der Waals surface area contributed by atoms with E-state index in [1.807, 2.05) is 20.8 Å². The van der Waals surface area contributed by atoms with Gasteiger partial charge in [-0.25, -0.2) is 0 Å². The molecule has 26 heavy (non-hydrogen) atoms. The van der Waals surface area contributed by atoms with Crippen LogP contribution in [0.1, 0.15) is 75.6 Å². The van der Waals surface area contributed by atoms with E-state index in [0.717, 1.165) is 47.9 Å². The van der Waals surface area contributed by atoms with Crippen LogP contribution in [0.5, 0.6) is 11.5 Å². The van der Waals surface area contributed by atoms with Crippen molar-refractivity contribution in [1.82, 2.24) is 0 Å². The number of phenols is 2. The zero-order valence-electron chi connectivity index (χ0n) is 17.7. The second-order valence-corrected chi connectivity index (χ2v) is 7.71. The van der Waals surface area contributed by atoms with Gasteiger partial charge in [0, 0.05) is 5.56 Å². The zero-order valence-corrected chi connectivity index (χ0v) is 17.7. The van der Waals surface area contributed by atoms with Gasteiger partial charge in [0.1, 0.15) is 0 Å². The second-order valence-electron chi connectivity index (χ2n) is 7.71. The van der Waals surface area contributed by atoms with Crippen LogP contribution in [0, 0.1) is 20.8 Å². The molecule has 0 saturated heterocycles. The maximum atomic E-state index is 10.3. The van der Waals surface area contributed by atoms with E-state index < -0.39 is 0 Å². The molecule has 0 aromatic heterocycles. The van der Waals surface area contributed by atoms with E-state index in [0.29, 0.717) is 6.42 Å². The van der Waals surface area contributed by atoms with E-state index >= 15 is 0 Å². The molecular weight excluding hydrogens is 320 g/mol. The molecular formula is C24H36O2. The Morgan fingerprint density at radius 3 is 1.81 bits per heavy atom. The molecule has 0 spiro atoms. The maximum absolute atomic E-state index is 10.3. The zero-order chi connectivity index (χ0) is 19.9. The quantitative estimate of drug-likeness (QED) is 0.389. The highest BCUT2D eigenvalue weighted by Crippen LogP contribution is 2.38. The largest absolute Gasteiger partial charge is 0.504 e. The molecule has 1 rings (SSSR count). The van der Waals surface area contributed by atoms with E-state index in [1.165, 1.54) is 16.7 Å². The lowest BCUT2D eigenvalue weighted by atomic mass is 9.94. The van der Waals surface area contributed by atoms with Crippen LogP contribution in [0.15, 0.2) is 34.9 Å². The molecule has 0 heterocycles. The van der Waals surface area contributed by atoms with Crippen molar-refractivity contribution in [3.63, 3.8) is 0 Å². The van der Waals surface area contributed by atoms with Crippen molar-refractivity contribution < 1.29 is 10.2 Å². The Hall–Kier alpha value is -1.96. The van der Waals surface area contributed by atoms with Gasteiger partial charge in [-0.1, -0.05) is 34.9 Å². The van der Waals surface area contributed by atoms with Crippen LogP contribution in [-0.4, -0.2) is 10.2 Å².